The zero-order valence-corrected chi connectivity index (χ0v) is 9.93. The van der Waals surface area contributed by atoms with Crippen LogP contribution in [0.25, 0.3) is 6.08 Å². The van der Waals surface area contributed by atoms with E-state index in [4.69, 9.17) is 9.84 Å². The summed E-state index contributed by atoms with van der Waals surface area (Å²) in [5.41, 5.74) is 1.03. The first kappa shape index (κ1) is 12.8. The summed E-state index contributed by atoms with van der Waals surface area (Å²) >= 11 is 0. The molecule has 1 aromatic rings. The standard InChI is InChI=1S/C14H15FO3/c15-13-7-10(4-6-14(16)17)3-5-12(13)9-18-8-11-1-2-11/h3-7,11H,1-2,8-9H2,(H,16,17)/b6-4+. The summed E-state index contributed by atoms with van der Waals surface area (Å²) in [6.07, 6.45) is 4.76. The Morgan fingerprint density at radius 2 is 2.28 bits per heavy atom. The Morgan fingerprint density at radius 1 is 1.50 bits per heavy atom. The van der Waals surface area contributed by atoms with E-state index in [1.54, 1.807) is 12.1 Å². The van der Waals surface area contributed by atoms with E-state index in [0.717, 1.165) is 6.08 Å². The molecule has 0 bridgehead atoms. The average Bonchev–Trinajstić information content (AvgIpc) is 3.13. The molecule has 96 valence electrons. The SMILES string of the molecule is O=C(O)/C=C/c1ccc(COCC2CC2)c(F)c1. The topological polar surface area (TPSA) is 46.5 Å². The van der Waals surface area contributed by atoms with Crippen LogP contribution in [0, 0.1) is 11.7 Å². The van der Waals surface area contributed by atoms with Crippen LogP contribution in [0.15, 0.2) is 24.3 Å². The molecule has 1 saturated carbocycles. The molecule has 4 heteroatoms. The molecule has 0 aromatic heterocycles. The molecule has 1 aromatic carbocycles. The van der Waals surface area contributed by atoms with Crippen molar-refractivity contribution in [3.63, 3.8) is 0 Å². The first-order valence-electron chi connectivity index (χ1n) is 5.92. The lowest BCUT2D eigenvalue weighted by molar-refractivity contribution is -0.131. The lowest BCUT2D eigenvalue weighted by atomic mass is 10.1. The monoisotopic (exact) mass is 250 g/mol. The lowest BCUT2D eigenvalue weighted by Gasteiger charge is -2.05. The summed E-state index contributed by atoms with van der Waals surface area (Å²) in [5.74, 6) is -0.753. The van der Waals surface area contributed by atoms with E-state index in [-0.39, 0.29) is 12.4 Å². The van der Waals surface area contributed by atoms with Crippen molar-refractivity contribution < 1.29 is 19.0 Å². The van der Waals surface area contributed by atoms with Gasteiger partial charge in [0.05, 0.1) is 6.61 Å². The number of carboxylic acids is 1. The quantitative estimate of drug-likeness (QED) is 0.790. The van der Waals surface area contributed by atoms with Crippen LogP contribution in [0.4, 0.5) is 4.39 Å². The molecule has 0 radical (unpaired) electrons. The molecular formula is C14H15FO3. The molecule has 0 heterocycles. The highest BCUT2D eigenvalue weighted by atomic mass is 19.1. The van der Waals surface area contributed by atoms with Gasteiger partial charge >= 0.3 is 5.97 Å². The Morgan fingerprint density at radius 3 is 2.89 bits per heavy atom. The number of halogens is 1. The maximum Gasteiger partial charge on any atom is 0.328 e. The Bertz CT molecular complexity index is 464. The molecule has 0 amide bonds. The number of ether oxygens (including phenoxy) is 1. The Hall–Kier alpha value is -1.68. The smallest absolute Gasteiger partial charge is 0.328 e. The molecule has 0 unspecified atom stereocenters. The largest absolute Gasteiger partial charge is 0.478 e. The highest BCUT2D eigenvalue weighted by Gasteiger charge is 2.21. The second-order valence-corrected chi connectivity index (χ2v) is 4.48. The van der Waals surface area contributed by atoms with Crippen LogP contribution in [0.3, 0.4) is 0 Å². The molecule has 1 aliphatic rings. The van der Waals surface area contributed by atoms with E-state index in [2.05, 4.69) is 0 Å². The molecule has 0 spiro atoms. The molecular weight excluding hydrogens is 235 g/mol. The molecule has 0 atom stereocenters. The van der Waals surface area contributed by atoms with Crippen molar-refractivity contribution in [1.29, 1.82) is 0 Å². The molecule has 0 saturated heterocycles. The van der Waals surface area contributed by atoms with E-state index in [9.17, 15) is 9.18 Å². The van der Waals surface area contributed by atoms with Crippen molar-refractivity contribution in [3.05, 3.63) is 41.2 Å². The van der Waals surface area contributed by atoms with Gasteiger partial charge in [0.25, 0.3) is 0 Å². The minimum absolute atomic E-state index is 0.269. The van der Waals surface area contributed by atoms with Gasteiger partial charge in [-0.3, -0.25) is 0 Å². The minimum atomic E-state index is -1.05. The van der Waals surface area contributed by atoms with Gasteiger partial charge in [-0.1, -0.05) is 12.1 Å². The van der Waals surface area contributed by atoms with Crippen molar-refractivity contribution in [1.82, 2.24) is 0 Å². The van der Waals surface area contributed by atoms with Crippen LogP contribution in [-0.4, -0.2) is 17.7 Å². The molecule has 1 N–H and O–H groups in total. The third-order valence-electron chi connectivity index (χ3n) is 2.80. The van der Waals surface area contributed by atoms with E-state index < -0.39 is 5.97 Å². The predicted molar refractivity (Wildman–Crippen MR) is 65.4 cm³/mol. The van der Waals surface area contributed by atoms with Crippen LogP contribution in [0.5, 0.6) is 0 Å². The predicted octanol–water partition coefficient (Wildman–Crippen LogP) is 2.85. The van der Waals surface area contributed by atoms with Gasteiger partial charge in [-0.2, -0.15) is 0 Å². The summed E-state index contributed by atoms with van der Waals surface area (Å²) < 4.78 is 19.1. The fourth-order valence-electron chi connectivity index (χ4n) is 1.57. The highest BCUT2D eigenvalue weighted by Crippen LogP contribution is 2.29. The number of benzene rings is 1. The maximum atomic E-state index is 13.7. The molecule has 1 aliphatic carbocycles. The number of aliphatic carboxylic acids is 1. The molecule has 2 rings (SSSR count). The normalized spacial score (nSPS) is 15.2. The summed E-state index contributed by atoms with van der Waals surface area (Å²) in [5, 5.41) is 8.47. The third-order valence-corrected chi connectivity index (χ3v) is 2.80. The van der Waals surface area contributed by atoms with Gasteiger partial charge in [0.2, 0.25) is 0 Å². The van der Waals surface area contributed by atoms with Crippen molar-refractivity contribution in [2.45, 2.75) is 19.4 Å². The van der Waals surface area contributed by atoms with Crippen LogP contribution in [0.2, 0.25) is 0 Å². The third kappa shape index (κ3) is 3.96. The summed E-state index contributed by atoms with van der Waals surface area (Å²) in [6, 6.07) is 4.62. The second-order valence-electron chi connectivity index (χ2n) is 4.48. The van der Waals surface area contributed by atoms with Crippen LogP contribution in [-0.2, 0) is 16.1 Å². The number of rotatable bonds is 6. The van der Waals surface area contributed by atoms with E-state index in [1.165, 1.54) is 25.0 Å². The number of hydrogen-bond acceptors (Lipinski definition) is 2. The van der Waals surface area contributed by atoms with Crippen LogP contribution < -0.4 is 0 Å². The Labute approximate surface area is 105 Å². The van der Waals surface area contributed by atoms with Crippen molar-refractivity contribution in [3.8, 4) is 0 Å². The van der Waals surface area contributed by atoms with Crippen LogP contribution in [0.1, 0.15) is 24.0 Å². The zero-order chi connectivity index (χ0) is 13.0. The number of carbonyl (C=O) groups is 1. The van der Waals surface area contributed by atoms with Gasteiger partial charge in [0.15, 0.2) is 0 Å². The summed E-state index contributed by atoms with van der Waals surface area (Å²) in [4.78, 5) is 10.3. The maximum absolute atomic E-state index is 13.7. The van der Waals surface area contributed by atoms with E-state index in [1.807, 2.05) is 0 Å². The highest BCUT2D eigenvalue weighted by molar-refractivity contribution is 5.85. The minimum Gasteiger partial charge on any atom is -0.478 e. The molecule has 0 aliphatic heterocycles. The Balaban J connectivity index is 1.93. The van der Waals surface area contributed by atoms with Gasteiger partial charge in [-0.15, -0.1) is 0 Å². The number of hydrogen-bond donors (Lipinski definition) is 1. The first-order chi connectivity index (χ1) is 8.65. The first-order valence-corrected chi connectivity index (χ1v) is 5.92. The Kier molecular flexibility index (Phi) is 4.10. The lowest BCUT2D eigenvalue weighted by Crippen LogP contribution is -1.99. The fraction of sp³-hybridized carbons (Fsp3) is 0.357. The summed E-state index contributed by atoms with van der Waals surface area (Å²) in [6.45, 7) is 0.964. The fourth-order valence-corrected chi connectivity index (χ4v) is 1.57. The van der Waals surface area contributed by atoms with E-state index in [0.29, 0.717) is 23.7 Å². The van der Waals surface area contributed by atoms with E-state index >= 15 is 0 Å². The molecule has 1 fully saturated rings. The van der Waals surface area contributed by atoms with Gasteiger partial charge in [-0.05, 0) is 36.5 Å². The van der Waals surface area contributed by atoms with Crippen molar-refractivity contribution in [2.24, 2.45) is 5.92 Å². The number of carboxylic acid groups (broad SMARTS) is 1. The molecule has 18 heavy (non-hydrogen) atoms. The van der Waals surface area contributed by atoms with Gasteiger partial charge < -0.3 is 9.84 Å². The zero-order valence-electron chi connectivity index (χ0n) is 9.93. The van der Waals surface area contributed by atoms with Gasteiger partial charge in [0.1, 0.15) is 5.82 Å². The second kappa shape index (κ2) is 5.78. The average molecular weight is 250 g/mol. The summed E-state index contributed by atoms with van der Waals surface area (Å²) in [7, 11) is 0. The van der Waals surface area contributed by atoms with Gasteiger partial charge in [0, 0.05) is 18.2 Å². The molecule has 3 nitrogen and oxygen atoms in total. The van der Waals surface area contributed by atoms with Crippen molar-refractivity contribution in [2.75, 3.05) is 6.61 Å². The van der Waals surface area contributed by atoms with Gasteiger partial charge in [-0.25, -0.2) is 9.18 Å². The van der Waals surface area contributed by atoms with Crippen LogP contribution >= 0.6 is 0 Å². The van der Waals surface area contributed by atoms with Crippen molar-refractivity contribution >= 4 is 12.0 Å².